The van der Waals surface area contributed by atoms with E-state index in [1.807, 2.05) is 13.8 Å². The highest BCUT2D eigenvalue weighted by molar-refractivity contribution is 5.69. The number of esters is 2. The van der Waals surface area contributed by atoms with Crippen LogP contribution >= 0.6 is 0 Å². The van der Waals surface area contributed by atoms with E-state index in [1.54, 1.807) is 0 Å². The third kappa shape index (κ3) is 8.05. The first-order valence-corrected chi connectivity index (χ1v) is 9.11. The summed E-state index contributed by atoms with van der Waals surface area (Å²) in [6.07, 6.45) is 2.28. The highest BCUT2D eigenvalue weighted by Crippen LogP contribution is 2.22. The molecule has 25 heavy (non-hydrogen) atoms. The fourth-order valence-corrected chi connectivity index (χ4v) is 2.81. The highest BCUT2D eigenvalue weighted by atomic mass is 16.5. The third-order valence-electron chi connectivity index (χ3n) is 3.92. The van der Waals surface area contributed by atoms with Gasteiger partial charge in [0.25, 0.3) is 0 Å². The highest BCUT2D eigenvalue weighted by Gasteiger charge is 2.12. The van der Waals surface area contributed by atoms with Crippen LogP contribution in [0.4, 0.5) is 5.69 Å². The number of benzene rings is 1. The van der Waals surface area contributed by atoms with Gasteiger partial charge in [-0.2, -0.15) is 0 Å². The molecular formula is C20H31NO4. The van der Waals surface area contributed by atoms with E-state index < -0.39 is 0 Å². The summed E-state index contributed by atoms with van der Waals surface area (Å²) in [5, 5.41) is 0. The van der Waals surface area contributed by atoms with E-state index in [-0.39, 0.29) is 11.9 Å². The number of nitrogens with zero attached hydrogens (tertiary/aromatic N) is 1. The van der Waals surface area contributed by atoms with Crippen LogP contribution in [0, 0.1) is 13.8 Å². The molecule has 0 aliphatic rings. The molecule has 1 aromatic rings. The number of hydrogen-bond donors (Lipinski definition) is 0. The van der Waals surface area contributed by atoms with Crippen LogP contribution in [0.1, 0.15) is 50.7 Å². The first kappa shape index (κ1) is 21.0. The molecule has 5 nitrogen and oxygen atoms in total. The average Bonchev–Trinajstić information content (AvgIpc) is 2.54. The first-order valence-electron chi connectivity index (χ1n) is 9.11. The molecule has 0 radical (unpaired) electrons. The SMILES string of the molecule is CCOC(=O)CCCN(CCCC(=O)OCC)c1ccc(C)cc1C. The average molecular weight is 349 g/mol. The minimum atomic E-state index is -0.158. The lowest BCUT2D eigenvalue weighted by Gasteiger charge is -2.26. The van der Waals surface area contributed by atoms with Gasteiger partial charge in [-0.15, -0.1) is 0 Å². The number of hydrogen-bond acceptors (Lipinski definition) is 5. The molecule has 0 atom stereocenters. The van der Waals surface area contributed by atoms with Gasteiger partial charge < -0.3 is 14.4 Å². The smallest absolute Gasteiger partial charge is 0.305 e. The Kier molecular flexibility index (Phi) is 9.66. The van der Waals surface area contributed by atoms with E-state index >= 15 is 0 Å². The van der Waals surface area contributed by atoms with Crippen molar-refractivity contribution in [2.24, 2.45) is 0 Å². The molecule has 1 rings (SSSR count). The van der Waals surface area contributed by atoms with Gasteiger partial charge in [0.05, 0.1) is 13.2 Å². The second-order valence-electron chi connectivity index (χ2n) is 6.09. The Balaban J connectivity index is 2.66. The van der Waals surface area contributed by atoms with Crippen LogP contribution in [-0.2, 0) is 19.1 Å². The topological polar surface area (TPSA) is 55.8 Å². The zero-order valence-electron chi connectivity index (χ0n) is 16.0. The number of ether oxygens (including phenoxy) is 2. The number of carbonyl (C=O) groups is 2. The summed E-state index contributed by atoms with van der Waals surface area (Å²) in [5.74, 6) is -0.316. The fourth-order valence-electron chi connectivity index (χ4n) is 2.81. The van der Waals surface area contributed by atoms with Gasteiger partial charge in [0.1, 0.15) is 0 Å². The Hall–Kier alpha value is -2.04. The number of carbonyl (C=O) groups excluding carboxylic acids is 2. The molecule has 0 bridgehead atoms. The summed E-state index contributed by atoms with van der Waals surface area (Å²) in [6.45, 7) is 10.1. The summed E-state index contributed by atoms with van der Waals surface area (Å²) >= 11 is 0. The molecule has 0 aromatic heterocycles. The maximum atomic E-state index is 11.5. The van der Waals surface area contributed by atoms with Gasteiger partial charge in [-0.25, -0.2) is 0 Å². The van der Waals surface area contributed by atoms with Gasteiger partial charge >= 0.3 is 11.9 Å². The van der Waals surface area contributed by atoms with Crippen molar-refractivity contribution < 1.29 is 19.1 Å². The Morgan fingerprint density at radius 3 is 1.88 bits per heavy atom. The van der Waals surface area contributed by atoms with Crippen LogP contribution in [0.15, 0.2) is 18.2 Å². The van der Waals surface area contributed by atoms with Gasteiger partial charge in [0, 0.05) is 31.6 Å². The van der Waals surface area contributed by atoms with Crippen LogP contribution < -0.4 is 4.90 Å². The van der Waals surface area contributed by atoms with Crippen molar-refractivity contribution in [2.75, 3.05) is 31.2 Å². The second kappa shape index (κ2) is 11.5. The van der Waals surface area contributed by atoms with Crippen molar-refractivity contribution in [3.05, 3.63) is 29.3 Å². The normalized spacial score (nSPS) is 10.4. The number of anilines is 1. The van der Waals surface area contributed by atoms with Crippen LogP contribution in [0.2, 0.25) is 0 Å². The summed E-state index contributed by atoms with van der Waals surface area (Å²) in [6, 6.07) is 6.35. The van der Waals surface area contributed by atoms with Crippen molar-refractivity contribution in [2.45, 2.75) is 53.4 Å². The lowest BCUT2D eigenvalue weighted by molar-refractivity contribution is -0.144. The van der Waals surface area contributed by atoms with Crippen LogP contribution in [0.3, 0.4) is 0 Å². The molecule has 0 aliphatic heterocycles. The Labute approximate surface area is 151 Å². The van der Waals surface area contributed by atoms with Crippen LogP contribution in [0.5, 0.6) is 0 Å². The Morgan fingerprint density at radius 1 is 0.920 bits per heavy atom. The first-order chi connectivity index (χ1) is 12.0. The number of aryl methyl sites for hydroxylation is 2. The lowest BCUT2D eigenvalue weighted by Crippen LogP contribution is -2.27. The predicted octanol–water partition coefficient (Wildman–Crippen LogP) is 3.80. The molecular weight excluding hydrogens is 318 g/mol. The zero-order chi connectivity index (χ0) is 18.7. The molecule has 1 aromatic carbocycles. The largest absolute Gasteiger partial charge is 0.466 e. The molecule has 0 amide bonds. The summed E-state index contributed by atoms with van der Waals surface area (Å²) in [4.78, 5) is 25.3. The molecule has 0 saturated heterocycles. The summed E-state index contributed by atoms with van der Waals surface area (Å²) in [5.41, 5.74) is 3.57. The van der Waals surface area contributed by atoms with E-state index in [1.165, 1.54) is 11.1 Å². The van der Waals surface area contributed by atoms with Gasteiger partial charge in [-0.1, -0.05) is 17.7 Å². The minimum absolute atomic E-state index is 0.158. The van der Waals surface area contributed by atoms with Crippen molar-refractivity contribution in [3.63, 3.8) is 0 Å². The molecule has 0 aliphatic carbocycles. The summed E-state index contributed by atoms with van der Waals surface area (Å²) in [7, 11) is 0. The van der Waals surface area contributed by atoms with Gasteiger partial charge in [0.15, 0.2) is 0 Å². The monoisotopic (exact) mass is 349 g/mol. The molecule has 0 spiro atoms. The van der Waals surface area contributed by atoms with Crippen LogP contribution in [0.25, 0.3) is 0 Å². The van der Waals surface area contributed by atoms with Crippen molar-refractivity contribution in [3.8, 4) is 0 Å². The Morgan fingerprint density at radius 2 is 1.44 bits per heavy atom. The third-order valence-corrected chi connectivity index (χ3v) is 3.92. The van der Waals surface area contributed by atoms with E-state index in [2.05, 4.69) is 36.9 Å². The fraction of sp³-hybridized carbons (Fsp3) is 0.600. The van der Waals surface area contributed by atoms with E-state index in [4.69, 9.17) is 9.47 Å². The zero-order valence-corrected chi connectivity index (χ0v) is 16.0. The van der Waals surface area contributed by atoms with Gasteiger partial charge in [-0.3, -0.25) is 9.59 Å². The van der Waals surface area contributed by atoms with E-state index in [9.17, 15) is 9.59 Å². The molecule has 0 heterocycles. The molecule has 5 heteroatoms. The summed E-state index contributed by atoms with van der Waals surface area (Å²) < 4.78 is 9.98. The van der Waals surface area contributed by atoms with E-state index in [0.717, 1.165) is 31.6 Å². The minimum Gasteiger partial charge on any atom is -0.466 e. The predicted molar refractivity (Wildman–Crippen MR) is 99.9 cm³/mol. The van der Waals surface area contributed by atoms with E-state index in [0.29, 0.717) is 26.1 Å². The van der Waals surface area contributed by atoms with Crippen molar-refractivity contribution in [1.82, 2.24) is 0 Å². The van der Waals surface area contributed by atoms with Gasteiger partial charge in [-0.05, 0) is 52.2 Å². The molecule has 0 saturated carbocycles. The van der Waals surface area contributed by atoms with Crippen molar-refractivity contribution in [1.29, 1.82) is 0 Å². The van der Waals surface area contributed by atoms with Gasteiger partial charge in [0.2, 0.25) is 0 Å². The Bertz CT molecular complexity index is 533. The number of rotatable bonds is 11. The standard InChI is InChI=1S/C20H31NO4/c1-5-24-19(22)9-7-13-21(14-8-10-20(23)25-6-2)18-12-11-16(3)15-17(18)4/h11-12,15H,5-10,13-14H2,1-4H3. The molecule has 0 fully saturated rings. The quantitative estimate of drug-likeness (QED) is 0.569. The molecule has 0 N–H and O–H groups in total. The van der Waals surface area contributed by atoms with Crippen molar-refractivity contribution >= 4 is 17.6 Å². The maximum Gasteiger partial charge on any atom is 0.305 e. The maximum absolute atomic E-state index is 11.5. The second-order valence-corrected chi connectivity index (χ2v) is 6.09. The lowest BCUT2D eigenvalue weighted by atomic mass is 10.1. The molecule has 0 unspecified atom stereocenters. The van der Waals surface area contributed by atoms with Crippen LogP contribution in [-0.4, -0.2) is 38.2 Å². The molecule has 140 valence electrons.